The second kappa shape index (κ2) is 9.76. The molecule has 1 atom stereocenters. The maximum absolute atomic E-state index is 12.9. The van der Waals surface area contributed by atoms with E-state index in [4.69, 9.17) is 4.74 Å². The zero-order valence-electron chi connectivity index (χ0n) is 15.0. The first-order valence-corrected chi connectivity index (χ1v) is 8.24. The van der Waals surface area contributed by atoms with E-state index in [1.807, 2.05) is 0 Å². The molecule has 1 rings (SSSR count). The van der Waals surface area contributed by atoms with Gasteiger partial charge in [-0.25, -0.2) is 4.39 Å². The second-order valence-electron chi connectivity index (χ2n) is 6.28. The Kier molecular flexibility index (Phi) is 8.04. The lowest BCUT2D eigenvalue weighted by Gasteiger charge is -2.21. The summed E-state index contributed by atoms with van der Waals surface area (Å²) in [7, 11) is 0. The Balaban J connectivity index is 2.57. The SMILES string of the molecule is CC(C)OC(=O)CCNC(=O)C(NC(=O)c1ccc(F)cc1)C(C)C. The van der Waals surface area contributed by atoms with Crippen LogP contribution in [0.5, 0.6) is 0 Å². The minimum Gasteiger partial charge on any atom is -0.463 e. The maximum atomic E-state index is 12.9. The summed E-state index contributed by atoms with van der Waals surface area (Å²) < 4.78 is 17.9. The van der Waals surface area contributed by atoms with E-state index in [9.17, 15) is 18.8 Å². The molecule has 0 spiro atoms. The standard InChI is InChI=1S/C18H25FN2O4/c1-11(2)16(18(24)20-10-9-15(22)25-12(3)4)21-17(23)13-5-7-14(19)8-6-13/h5-8,11-12,16H,9-10H2,1-4H3,(H,20,24)(H,21,23). The van der Waals surface area contributed by atoms with Crippen molar-refractivity contribution in [3.05, 3.63) is 35.6 Å². The van der Waals surface area contributed by atoms with Gasteiger partial charge in [-0.15, -0.1) is 0 Å². The Morgan fingerprint density at radius 3 is 2.20 bits per heavy atom. The summed E-state index contributed by atoms with van der Waals surface area (Å²) in [5, 5.41) is 5.25. The average molecular weight is 352 g/mol. The first kappa shape index (κ1) is 20.6. The fourth-order valence-electron chi connectivity index (χ4n) is 2.08. The highest BCUT2D eigenvalue weighted by Crippen LogP contribution is 2.07. The molecule has 0 aliphatic heterocycles. The van der Waals surface area contributed by atoms with Crippen molar-refractivity contribution in [1.29, 1.82) is 0 Å². The molecule has 1 unspecified atom stereocenters. The van der Waals surface area contributed by atoms with Crippen LogP contribution in [-0.4, -0.2) is 36.5 Å². The lowest BCUT2D eigenvalue weighted by Crippen LogP contribution is -2.50. The summed E-state index contributed by atoms with van der Waals surface area (Å²) in [5.41, 5.74) is 0.264. The third-order valence-electron chi connectivity index (χ3n) is 3.34. The summed E-state index contributed by atoms with van der Waals surface area (Å²) in [6.45, 7) is 7.21. The molecule has 25 heavy (non-hydrogen) atoms. The molecule has 0 aliphatic carbocycles. The van der Waals surface area contributed by atoms with Gasteiger partial charge in [0.2, 0.25) is 5.91 Å². The van der Waals surface area contributed by atoms with Crippen LogP contribution in [0, 0.1) is 11.7 Å². The topological polar surface area (TPSA) is 84.5 Å². The summed E-state index contributed by atoms with van der Waals surface area (Å²) >= 11 is 0. The van der Waals surface area contributed by atoms with Gasteiger partial charge in [0.25, 0.3) is 5.91 Å². The minimum absolute atomic E-state index is 0.0562. The smallest absolute Gasteiger partial charge is 0.307 e. The highest BCUT2D eigenvalue weighted by molar-refractivity contribution is 5.97. The molecular weight excluding hydrogens is 327 g/mol. The molecule has 0 aromatic heterocycles. The number of carbonyl (C=O) groups excluding carboxylic acids is 3. The van der Waals surface area contributed by atoms with Gasteiger partial charge in [0.1, 0.15) is 11.9 Å². The molecule has 0 saturated carbocycles. The highest BCUT2D eigenvalue weighted by atomic mass is 19.1. The van der Waals surface area contributed by atoms with E-state index < -0.39 is 23.7 Å². The van der Waals surface area contributed by atoms with Crippen LogP contribution in [0.15, 0.2) is 24.3 Å². The number of benzene rings is 1. The Morgan fingerprint density at radius 1 is 1.08 bits per heavy atom. The van der Waals surface area contributed by atoms with E-state index in [1.165, 1.54) is 24.3 Å². The molecule has 6 nitrogen and oxygen atoms in total. The number of halogens is 1. The predicted molar refractivity (Wildman–Crippen MR) is 91.3 cm³/mol. The third-order valence-corrected chi connectivity index (χ3v) is 3.34. The number of ether oxygens (including phenoxy) is 1. The molecule has 0 radical (unpaired) electrons. The number of carbonyl (C=O) groups is 3. The van der Waals surface area contributed by atoms with Crippen molar-refractivity contribution in [2.24, 2.45) is 5.92 Å². The fraction of sp³-hybridized carbons (Fsp3) is 0.500. The molecule has 138 valence electrons. The zero-order chi connectivity index (χ0) is 19.0. The third kappa shape index (κ3) is 7.32. The van der Waals surface area contributed by atoms with E-state index in [-0.39, 0.29) is 36.5 Å². The molecule has 0 fully saturated rings. The number of rotatable bonds is 8. The first-order valence-electron chi connectivity index (χ1n) is 8.24. The Morgan fingerprint density at radius 2 is 1.68 bits per heavy atom. The minimum atomic E-state index is -0.765. The van der Waals surface area contributed by atoms with Crippen molar-refractivity contribution in [3.63, 3.8) is 0 Å². The van der Waals surface area contributed by atoms with Crippen LogP contribution in [0.3, 0.4) is 0 Å². The predicted octanol–water partition coefficient (Wildman–Crippen LogP) is 2.04. The van der Waals surface area contributed by atoms with Crippen LogP contribution < -0.4 is 10.6 Å². The van der Waals surface area contributed by atoms with Gasteiger partial charge in [-0.2, -0.15) is 0 Å². The van der Waals surface area contributed by atoms with Crippen LogP contribution in [-0.2, 0) is 14.3 Å². The van der Waals surface area contributed by atoms with Crippen molar-refractivity contribution < 1.29 is 23.5 Å². The summed E-state index contributed by atoms with van der Waals surface area (Å²) in [6, 6.07) is 4.29. The van der Waals surface area contributed by atoms with Gasteiger partial charge in [0, 0.05) is 12.1 Å². The van der Waals surface area contributed by atoms with Crippen molar-refractivity contribution in [1.82, 2.24) is 10.6 Å². The molecule has 0 saturated heterocycles. The fourth-order valence-corrected chi connectivity index (χ4v) is 2.08. The van der Waals surface area contributed by atoms with Gasteiger partial charge in [-0.1, -0.05) is 13.8 Å². The van der Waals surface area contributed by atoms with Gasteiger partial charge < -0.3 is 15.4 Å². The number of esters is 1. The van der Waals surface area contributed by atoms with Crippen molar-refractivity contribution in [2.45, 2.75) is 46.3 Å². The van der Waals surface area contributed by atoms with Crippen molar-refractivity contribution in [2.75, 3.05) is 6.54 Å². The average Bonchev–Trinajstić information content (AvgIpc) is 2.51. The van der Waals surface area contributed by atoms with Crippen LogP contribution in [0.4, 0.5) is 4.39 Å². The maximum Gasteiger partial charge on any atom is 0.307 e. The molecule has 0 heterocycles. The highest BCUT2D eigenvalue weighted by Gasteiger charge is 2.24. The lowest BCUT2D eigenvalue weighted by molar-refractivity contribution is -0.147. The van der Waals surface area contributed by atoms with Gasteiger partial charge >= 0.3 is 5.97 Å². The molecule has 1 aromatic rings. The zero-order valence-corrected chi connectivity index (χ0v) is 15.0. The van der Waals surface area contributed by atoms with Gasteiger partial charge in [-0.05, 0) is 44.0 Å². The van der Waals surface area contributed by atoms with Gasteiger partial charge in [0.15, 0.2) is 0 Å². The van der Waals surface area contributed by atoms with Crippen LogP contribution >= 0.6 is 0 Å². The van der Waals surface area contributed by atoms with Gasteiger partial charge in [0.05, 0.1) is 12.5 Å². The van der Waals surface area contributed by atoms with E-state index in [2.05, 4.69) is 10.6 Å². The van der Waals surface area contributed by atoms with Crippen LogP contribution in [0.2, 0.25) is 0 Å². The Bertz CT molecular complexity index is 600. The largest absolute Gasteiger partial charge is 0.463 e. The molecule has 1 aromatic carbocycles. The van der Waals surface area contributed by atoms with E-state index in [0.29, 0.717) is 0 Å². The van der Waals surface area contributed by atoms with E-state index in [0.717, 1.165) is 0 Å². The molecule has 0 bridgehead atoms. The quantitative estimate of drug-likeness (QED) is 0.701. The Labute approximate surface area is 147 Å². The monoisotopic (exact) mass is 352 g/mol. The summed E-state index contributed by atoms with van der Waals surface area (Å²) in [6.07, 6.45) is -0.151. The Hall–Kier alpha value is -2.44. The van der Waals surface area contributed by atoms with Crippen molar-refractivity contribution in [3.8, 4) is 0 Å². The van der Waals surface area contributed by atoms with Crippen LogP contribution in [0.1, 0.15) is 44.5 Å². The lowest BCUT2D eigenvalue weighted by atomic mass is 10.0. The first-order chi connectivity index (χ1) is 11.7. The molecule has 0 aliphatic rings. The second-order valence-corrected chi connectivity index (χ2v) is 6.28. The number of hydrogen-bond acceptors (Lipinski definition) is 4. The van der Waals surface area contributed by atoms with Crippen molar-refractivity contribution >= 4 is 17.8 Å². The molecule has 2 amide bonds. The summed E-state index contributed by atoms with van der Waals surface area (Å²) in [4.78, 5) is 35.9. The number of hydrogen-bond donors (Lipinski definition) is 2. The van der Waals surface area contributed by atoms with E-state index >= 15 is 0 Å². The summed E-state index contributed by atoms with van der Waals surface area (Å²) in [5.74, 6) is -1.85. The number of amides is 2. The van der Waals surface area contributed by atoms with Crippen LogP contribution in [0.25, 0.3) is 0 Å². The molecule has 7 heteroatoms. The van der Waals surface area contributed by atoms with E-state index in [1.54, 1.807) is 27.7 Å². The normalized spacial score (nSPS) is 12.0. The van der Waals surface area contributed by atoms with Gasteiger partial charge in [-0.3, -0.25) is 14.4 Å². The molecule has 2 N–H and O–H groups in total. The number of nitrogens with one attached hydrogen (secondary N) is 2. The molecular formula is C18H25FN2O4.